The van der Waals surface area contributed by atoms with Crippen LogP contribution in [0, 0.1) is 0 Å². The van der Waals surface area contributed by atoms with Crippen molar-refractivity contribution < 1.29 is 71.3 Å². The smallest absolute Gasteiger partial charge is 0.342 e. The van der Waals surface area contributed by atoms with E-state index in [-0.39, 0.29) is 0 Å². The zero-order valence-corrected chi connectivity index (χ0v) is 17.6. The van der Waals surface area contributed by atoms with Gasteiger partial charge in [-0.25, -0.2) is 13.9 Å². The van der Waals surface area contributed by atoms with Gasteiger partial charge in [0.2, 0.25) is 0 Å². The maximum Gasteiger partial charge on any atom is 0.342 e. The third-order valence-corrected chi connectivity index (χ3v) is 7.27. The molecule has 0 amide bonds. The SMILES string of the molecule is O=C(O)c1cn(C2OC(COP(=O)([O-])OP(=O)([O-])OP(=O)([O-])[O-])C(O)C2O)c(=O)[nH]c1=O. The van der Waals surface area contributed by atoms with E-state index in [1.807, 2.05) is 0 Å². The summed E-state index contributed by atoms with van der Waals surface area (Å²) >= 11 is 0. The molecule has 32 heavy (non-hydrogen) atoms. The number of aromatic carboxylic acids is 1. The number of H-pyrrole nitrogens is 1. The van der Waals surface area contributed by atoms with Crippen LogP contribution in [0.15, 0.2) is 15.8 Å². The summed E-state index contributed by atoms with van der Waals surface area (Å²) in [5.74, 6) is -1.76. The van der Waals surface area contributed by atoms with Gasteiger partial charge in [-0.1, -0.05) is 0 Å². The van der Waals surface area contributed by atoms with Crippen LogP contribution in [0.5, 0.6) is 0 Å². The molecule has 22 heteroatoms. The van der Waals surface area contributed by atoms with E-state index in [2.05, 4.69) is 13.1 Å². The lowest BCUT2D eigenvalue weighted by molar-refractivity contribution is -0.339. The van der Waals surface area contributed by atoms with E-state index >= 15 is 0 Å². The minimum atomic E-state index is -6.24. The van der Waals surface area contributed by atoms with Crippen molar-refractivity contribution in [2.75, 3.05) is 6.61 Å². The standard InChI is InChI=1S/C10H15N2O17P3/c13-5-4(2-26-31(22,23)29-32(24,25)28-30(19,20)21)27-8(6(5)14)12-1-3(9(16)17)7(15)11-10(12)18/h1,4-6,8,13-14H,2H2,(H,16,17)(H,22,23)(H,24,25)(H,11,15,18)(H2,19,20,21)/p-4. The molecule has 1 fully saturated rings. The number of aliphatic hydroxyl groups excluding tert-OH is 2. The first kappa shape index (κ1) is 26.7. The highest BCUT2D eigenvalue weighted by Crippen LogP contribution is 2.60. The van der Waals surface area contributed by atoms with Crippen molar-refractivity contribution in [2.24, 2.45) is 0 Å². The molecular weight excluding hydrogens is 513 g/mol. The number of rotatable bonds is 9. The number of nitrogens with zero attached hydrogens (tertiary/aromatic N) is 1. The summed E-state index contributed by atoms with van der Waals surface area (Å²) in [6.07, 6.45) is -7.23. The zero-order chi connectivity index (χ0) is 24.6. The lowest BCUT2D eigenvalue weighted by Crippen LogP contribution is -2.39. The van der Waals surface area contributed by atoms with Crippen molar-refractivity contribution in [3.05, 3.63) is 32.6 Å². The maximum atomic E-state index is 11.9. The van der Waals surface area contributed by atoms with E-state index in [9.17, 15) is 57.9 Å². The van der Waals surface area contributed by atoms with Crippen molar-refractivity contribution in [1.82, 2.24) is 9.55 Å². The number of aromatic nitrogens is 2. The van der Waals surface area contributed by atoms with E-state index in [0.29, 0.717) is 10.8 Å². The lowest BCUT2D eigenvalue weighted by atomic mass is 10.1. The largest absolute Gasteiger partial charge is 0.790 e. The Balaban J connectivity index is 2.15. The number of aromatic amines is 1. The van der Waals surface area contributed by atoms with Crippen molar-refractivity contribution in [3.8, 4) is 0 Å². The molecule has 19 nitrogen and oxygen atoms in total. The molecule has 1 aliphatic rings. The van der Waals surface area contributed by atoms with Crippen LogP contribution in [-0.4, -0.2) is 55.8 Å². The fourth-order valence-corrected chi connectivity index (χ4v) is 5.24. The molecule has 4 N–H and O–H groups in total. The Morgan fingerprint density at radius 1 is 1.09 bits per heavy atom. The van der Waals surface area contributed by atoms with Gasteiger partial charge in [-0.2, -0.15) is 0 Å². The van der Waals surface area contributed by atoms with Gasteiger partial charge in [-0.15, -0.1) is 0 Å². The number of hydrogen-bond donors (Lipinski definition) is 4. The normalized spacial score (nSPS) is 27.6. The van der Waals surface area contributed by atoms with Gasteiger partial charge in [0.25, 0.3) is 21.2 Å². The minimum Gasteiger partial charge on any atom is -0.790 e. The number of carboxylic acid groups (broad SMARTS) is 1. The zero-order valence-electron chi connectivity index (χ0n) is 14.9. The van der Waals surface area contributed by atoms with Crippen LogP contribution in [0.1, 0.15) is 16.6 Å². The topological polar surface area (TPSA) is 313 Å². The first-order chi connectivity index (χ1) is 14.4. The fraction of sp³-hybridized carbons (Fsp3) is 0.500. The number of phosphoric ester groups is 1. The average molecular weight is 524 g/mol. The maximum absolute atomic E-state index is 11.9. The van der Waals surface area contributed by atoms with Gasteiger partial charge in [0.15, 0.2) is 6.23 Å². The molecule has 0 bridgehead atoms. The van der Waals surface area contributed by atoms with Crippen LogP contribution in [0.2, 0.25) is 0 Å². The first-order valence-electron chi connectivity index (χ1n) is 7.74. The van der Waals surface area contributed by atoms with Gasteiger partial charge in [-0.05, 0) is 0 Å². The van der Waals surface area contributed by atoms with Crippen LogP contribution in [0.25, 0.3) is 0 Å². The summed E-state index contributed by atoms with van der Waals surface area (Å²) in [6, 6.07) is 0. The van der Waals surface area contributed by atoms with Gasteiger partial charge in [0.05, 0.1) is 14.4 Å². The lowest BCUT2D eigenvalue weighted by Gasteiger charge is -2.37. The molecule has 0 aromatic carbocycles. The van der Waals surface area contributed by atoms with Crippen molar-refractivity contribution >= 4 is 29.4 Å². The summed E-state index contributed by atoms with van der Waals surface area (Å²) in [5, 5.41) is 28.9. The van der Waals surface area contributed by atoms with Crippen LogP contribution >= 0.6 is 23.5 Å². The fourth-order valence-electron chi connectivity index (χ4n) is 2.37. The number of ether oxygens (including phenoxy) is 1. The van der Waals surface area contributed by atoms with Crippen LogP contribution in [0.3, 0.4) is 0 Å². The Bertz CT molecular complexity index is 1140. The molecule has 182 valence electrons. The Hall–Kier alpha value is -1.56. The van der Waals surface area contributed by atoms with Gasteiger partial charge in [0, 0.05) is 6.20 Å². The second-order valence-corrected chi connectivity index (χ2v) is 10.1. The first-order valence-corrected chi connectivity index (χ1v) is 12.1. The Morgan fingerprint density at radius 3 is 2.22 bits per heavy atom. The van der Waals surface area contributed by atoms with Crippen LogP contribution < -0.4 is 30.8 Å². The van der Waals surface area contributed by atoms with Gasteiger partial charge in [0.1, 0.15) is 23.9 Å². The number of hydrogen-bond acceptors (Lipinski definition) is 16. The third-order valence-electron chi connectivity index (χ3n) is 3.61. The van der Waals surface area contributed by atoms with Crippen molar-refractivity contribution in [3.63, 3.8) is 0 Å². The average Bonchev–Trinajstić information content (AvgIpc) is 2.85. The number of aliphatic hydroxyl groups is 2. The number of carboxylic acids is 1. The highest BCUT2D eigenvalue weighted by molar-refractivity contribution is 7.64. The number of phosphoric acid groups is 3. The van der Waals surface area contributed by atoms with E-state index in [1.54, 1.807) is 4.98 Å². The Morgan fingerprint density at radius 2 is 1.69 bits per heavy atom. The molecule has 0 radical (unpaired) electrons. The molecule has 6 unspecified atom stereocenters. The molecule has 0 saturated carbocycles. The second-order valence-electron chi connectivity index (χ2n) is 5.86. The van der Waals surface area contributed by atoms with E-state index in [0.717, 1.165) is 0 Å². The molecular formula is C10H11N2O17P3-4. The number of carbonyl (C=O) groups is 1. The van der Waals surface area contributed by atoms with Crippen molar-refractivity contribution in [1.29, 1.82) is 0 Å². The minimum absolute atomic E-state index is 0.367. The summed E-state index contributed by atoms with van der Waals surface area (Å²) in [4.78, 5) is 79.1. The molecule has 2 heterocycles. The molecule has 1 aliphatic heterocycles. The molecule has 2 rings (SSSR count). The third kappa shape index (κ3) is 6.72. The predicted octanol–water partition coefficient (Wildman–Crippen LogP) is -5.33. The molecule has 6 atom stereocenters. The summed E-state index contributed by atoms with van der Waals surface area (Å²) < 4.78 is 48.6. The molecule has 0 spiro atoms. The molecule has 1 aromatic heterocycles. The van der Waals surface area contributed by atoms with E-state index in [1.165, 1.54) is 0 Å². The van der Waals surface area contributed by atoms with Gasteiger partial charge >= 0.3 is 11.7 Å². The van der Waals surface area contributed by atoms with Crippen LogP contribution in [0.4, 0.5) is 0 Å². The summed E-state index contributed by atoms with van der Waals surface area (Å²) in [5.41, 5.74) is -3.52. The molecule has 1 aromatic rings. The van der Waals surface area contributed by atoms with Crippen molar-refractivity contribution in [2.45, 2.75) is 24.5 Å². The quantitative estimate of drug-likeness (QED) is 0.219. The highest BCUT2D eigenvalue weighted by Gasteiger charge is 2.45. The molecule has 0 aliphatic carbocycles. The number of nitrogens with one attached hydrogen (secondary N) is 1. The molecule has 1 saturated heterocycles. The predicted molar refractivity (Wildman–Crippen MR) is 85.1 cm³/mol. The van der Waals surface area contributed by atoms with E-state index in [4.69, 9.17) is 9.84 Å². The van der Waals surface area contributed by atoms with Crippen LogP contribution in [-0.2, 0) is 31.6 Å². The Labute approximate surface area is 174 Å². The monoisotopic (exact) mass is 524 g/mol. The van der Waals surface area contributed by atoms with E-state index < -0.39 is 77.4 Å². The van der Waals surface area contributed by atoms with Gasteiger partial charge < -0.3 is 48.7 Å². The second kappa shape index (κ2) is 9.36. The Kier molecular flexibility index (Phi) is 7.81. The summed E-state index contributed by atoms with van der Waals surface area (Å²) in [6.45, 7) is -1.29. The highest BCUT2D eigenvalue weighted by atomic mass is 31.3. The summed E-state index contributed by atoms with van der Waals surface area (Å²) in [7, 11) is -18.4. The van der Waals surface area contributed by atoms with Gasteiger partial charge in [-0.3, -0.25) is 27.8 Å².